The molecule has 1 aromatic heterocycles. The monoisotopic (exact) mass is 349 g/mol. The molecule has 0 aromatic carbocycles. The van der Waals surface area contributed by atoms with Gasteiger partial charge in [-0.05, 0) is 58.9 Å². The molecule has 1 amide bonds. The highest BCUT2D eigenvalue weighted by Gasteiger charge is 2.27. The summed E-state index contributed by atoms with van der Waals surface area (Å²) in [6.07, 6.45) is 1.59. The van der Waals surface area contributed by atoms with Crippen molar-refractivity contribution in [1.82, 2.24) is 4.90 Å². The van der Waals surface area contributed by atoms with E-state index < -0.39 is 5.60 Å². The Kier molecular flexibility index (Phi) is 6.15. The first-order valence-electron chi connectivity index (χ1n) is 8.37. The molecule has 1 aliphatic rings. The van der Waals surface area contributed by atoms with Crippen molar-refractivity contribution in [3.05, 3.63) is 22.4 Å². The number of ether oxygens (including phenoxy) is 1. The standard InChI is InChI=1S/C18H27N3O2S/c1-13(19-20-14(2)16-7-6-12-24-16)15-8-10-21(11-9-15)17(22)23-18(3,4)5/h6-7,12,15H,8-11H2,1-5H3/b19-13+,20-14+. The molecule has 0 radical (unpaired) electrons. The first kappa shape index (κ1) is 18.6. The van der Waals surface area contributed by atoms with E-state index in [9.17, 15) is 4.79 Å². The van der Waals surface area contributed by atoms with E-state index in [-0.39, 0.29) is 6.09 Å². The van der Waals surface area contributed by atoms with Crippen LogP contribution in [0.25, 0.3) is 0 Å². The average molecular weight is 350 g/mol. The molecule has 0 bridgehead atoms. The molecule has 1 fully saturated rings. The van der Waals surface area contributed by atoms with Crippen molar-refractivity contribution >= 4 is 28.9 Å². The topological polar surface area (TPSA) is 54.3 Å². The Balaban J connectivity index is 1.88. The molecule has 132 valence electrons. The van der Waals surface area contributed by atoms with Gasteiger partial charge in [0.2, 0.25) is 0 Å². The van der Waals surface area contributed by atoms with Crippen LogP contribution in [0.4, 0.5) is 4.79 Å². The number of carbonyl (C=O) groups excluding carboxylic acids is 1. The zero-order valence-corrected chi connectivity index (χ0v) is 16.0. The van der Waals surface area contributed by atoms with E-state index in [1.807, 2.05) is 52.1 Å². The van der Waals surface area contributed by atoms with Crippen LogP contribution < -0.4 is 0 Å². The van der Waals surface area contributed by atoms with Gasteiger partial charge in [0.15, 0.2) is 0 Å². The van der Waals surface area contributed by atoms with E-state index in [1.165, 1.54) is 0 Å². The van der Waals surface area contributed by atoms with Gasteiger partial charge in [-0.1, -0.05) is 6.07 Å². The minimum absolute atomic E-state index is 0.220. The van der Waals surface area contributed by atoms with Gasteiger partial charge >= 0.3 is 6.09 Å². The van der Waals surface area contributed by atoms with Crippen LogP contribution >= 0.6 is 11.3 Å². The van der Waals surface area contributed by atoms with E-state index in [4.69, 9.17) is 4.74 Å². The zero-order valence-electron chi connectivity index (χ0n) is 15.2. The summed E-state index contributed by atoms with van der Waals surface area (Å²) in [5.41, 5.74) is 1.53. The summed E-state index contributed by atoms with van der Waals surface area (Å²) >= 11 is 1.67. The number of thiophene rings is 1. The summed E-state index contributed by atoms with van der Waals surface area (Å²) in [5, 5.41) is 10.8. The summed E-state index contributed by atoms with van der Waals surface area (Å²) in [6.45, 7) is 11.1. The van der Waals surface area contributed by atoms with E-state index in [0.29, 0.717) is 19.0 Å². The highest BCUT2D eigenvalue weighted by atomic mass is 32.1. The lowest BCUT2D eigenvalue weighted by molar-refractivity contribution is 0.0201. The molecular formula is C18H27N3O2S. The number of amides is 1. The molecule has 0 spiro atoms. The third-order valence-corrected chi connectivity index (χ3v) is 4.95. The molecule has 2 heterocycles. The predicted octanol–water partition coefficient (Wildman–Crippen LogP) is 4.58. The molecule has 6 heteroatoms. The van der Waals surface area contributed by atoms with Crippen molar-refractivity contribution in [2.24, 2.45) is 16.1 Å². The van der Waals surface area contributed by atoms with Gasteiger partial charge in [0, 0.05) is 24.7 Å². The first-order chi connectivity index (χ1) is 11.3. The lowest BCUT2D eigenvalue weighted by atomic mass is 9.93. The number of likely N-dealkylation sites (tertiary alicyclic amines) is 1. The minimum atomic E-state index is -0.445. The Labute approximate surface area is 148 Å². The smallest absolute Gasteiger partial charge is 0.410 e. The maximum atomic E-state index is 12.1. The highest BCUT2D eigenvalue weighted by molar-refractivity contribution is 7.12. The second-order valence-corrected chi connectivity index (χ2v) is 8.09. The Hall–Kier alpha value is -1.69. The SMILES string of the molecule is C/C(=N\N=C(/C)C1CCN(C(=O)OC(C)(C)C)CC1)c1cccs1. The third kappa shape index (κ3) is 5.44. The van der Waals surface area contributed by atoms with Gasteiger partial charge in [0.1, 0.15) is 5.60 Å². The van der Waals surface area contributed by atoms with Gasteiger partial charge < -0.3 is 9.64 Å². The van der Waals surface area contributed by atoms with Crippen LogP contribution in [0.3, 0.4) is 0 Å². The van der Waals surface area contributed by atoms with Gasteiger partial charge in [0.05, 0.1) is 10.6 Å². The quantitative estimate of drug-likeness (QED) is 0.592. The largest absolute Gasteiger partial charge is 0.444 e. The molecule has 1 aliphatic heterocycles. The maximum absolute atomic E-state index is 12.1. The third-order valence-electron chi connectivity index (χ3n) is 3.97. The van der Waals surface area contributed by atoms with Crippen LogP contribution in [0.15, 0.2) is 27.7 Å². The second kappa shape index (κ2) is 7.92. The number of carbonyl (C=O) groups is 1. The maximum Gasteiger partial charge on any atom is 0.410 e. The molecule has 0 unspecified atom stereocenters. The summed E-state index contributed by atoms with van der Waals surface area (Å²) < 4.78 is 5.43. The molecule has 2 rings (SSSR count). The molecule has 0 aliphatic carbocycles. The van der Waals surface area contributed by atoms with E-state index >= 15 is 0 Å². The molecule has 24 heavy (non-hydrogen) atoms. The van der Waals surface area contributed by atoms with Crippen LogP contribution in [-0.2, 0) is 4.74 Å². The fraction of sp³-hybridized carbons (Fsp3) is 0.611. The van der Waals surface area contributed by atoms with Crippen LogP contribution in [0.2, 0.25) is 0 Å². The van der Waals surface area contributed by atoms with Crippen LogP contribution in [0.1, 0.15) is 52.3 Å². The number of piperidine rings is 1. The fourth-order valence-electron chi connectivity index (χ4n) is 2.58. The minimum Gasteiger partial charge on any atom is -0.444 e. The van der Waals surface area contributed by atoms with Crippen molar-refractivity contribution in [3.63, 3.8) is 0 Å². The van der Waals surface area contributed by atoms with Gasteiger partial charge in [-0.2, -0.15) is 10.2 Å². The van der Waals surface area contributed by atoms with Crippen molar-refractivity contribution in [3.8, 4) is 0 Å². The Morgan fingerprint density at radius 1 is 1.25 bits per heavy atom. The van der Waals surface area contributed by atoms with Crippen molar-refractivity contribution in [2.75, 3.05) is 13.1 Å². The molecular weight excluding hydrogens is 322 g/mol. The first-order valence-corrected chi connectivity index (χ1v) is 9.25. The van der Waals surface area contributed by atoms with Crippen molar-refractivity contribution in [2.45, 2.75) is 53.1 Å². The Bertz CT molecular complexity index is 607. The summed E-state index contributed by atoms with van der Waals surface area (Å²) in [5.74, 6) is 0.378. The van der Waals surface area contributed by atoms with Crippen LogP contribution in [0.5, 0.6) is 0 Å². The van der Waals surface area contributed by atoms with Gasteiger partial charge in [0.25, 0.3) is 0 Å². The van der Waals surface area contributed by atoms with Crippen molar-refractivity contribution in [1.29, 1.82) is 0 Å². The molecule has 5 nitrogen and oxygen atoms in total. The Morgan fingerprint density at radius 2 is 1.92 bits per heavy atom. The van der Waals surface area contributed by atoms with Gasteiger partial charge in [-0.15, -0.1) is 11.3 Å². The summed E-state index contributed by atoms with van der Waals surface area (Å²) in [4.78, 5) is 15.0. The molecule has 0 N–H and O–H groups in total. The van der Waals surface area contributed by atoms with Crippen LogP contribution in [0, 0.1) is 5.92 Å². The normalized spacial score (nSPS) is 18.0. The Morgan fingerprint density at radius 3 is 2.46 bits per heavy atom. The van der Waals surface area contributed by atoms with E-state index in [2.05, 4.69) is 10.2 Å². The van der Waals surface area contributed by atoms with Gasteiger partial charge in [-0.3, -0.25) is 0 Å². The lowest BCUT2D eigenvalue weighted by Gasteiger charge is -2.33. The zero-order chi connectivity index (χ0) is 17.7. The molecule has 1 aromatic rings. The van der Waals surface area contributed by atoms with E-state index in [1.54, 1.807) is 16.2 Å². The molecule has 0 saturated carbocycles. The number of nitrogens with zero attached hydrogens (tertiary/aromatic N) is 3. The van der Waals surface area contributed by atoms with E-state index in [0.717, 1.165) is 29.1 Å². The van der Waals surface area contributed by atoms with Gasteiger partial charge in [-0.25, -0.2) is 4.79 Å². The van der Waals surface area contributed by atoms with Crippen molar-refractivity contribution < 1.29 is 9.53 Å². The number of hydrogen-bond acceptors (Lipinski definition) is 5. The average Bonchev–Trinajstić information content (AvgIpc) is 3.05. The second-order valence-electron chi connectivity index (χ2n) is 7.15. The number of hydrogen-bond donors (Lipinski definition) is 0. The molecule has 0 atom stereocenters. The lowest BCUT2D eigenvalue weighted by Crippen LogP contribution is -2.42. The van der Waals surface area contributed by atoms with Crippen LogP contribution in [-0.4, -0.2) is 41.1 Å². The predicted molar refractivity (Wildman–Crippen MR) is 100 cm³/mol. The fourth-order valence-corrected chi connectivity index (χ4v) is 3.25. The summed E-state index contributed by atoms with van der Waals surface area (Å²) in [6, 6.07) is 4.07. The molecule has 1 saturated heterocycles. The number of rotatable bonds is 3. The summed E-state index contributed by atoms with van der Waals surface area (Å²) in [7, 11) is 0. The highest BCUT2D eigenvalue weighted by Crippen LogP contribution is 2.21.